The van der Waals surface area contributed by atoms with Crippen LogP contribution in [-0.4, -0.2) is 26.0 Å². The zero-order chi connectivity index (χ0) is 14.1. The van der Waals surface area contributed by atoms with Crippen LogP contribution in [0.4, 0.5) is 0 Å². The largest absolute Gasteiger partial charge is 0.475 e. The van der Waals surface area contributed by atoms with Gasteiger partial charge in [0.2, 0.25) is 5.82 Å². The van der Waals surface area contributed by atoms with Crippen LogP contribution in [0.15, 0.2) is 12.3 Å². The highest BCUT2D eigenvalue weighted by molar-refractivity contribution is 5.87. The van der Waals surface area contributed by atoms with E-state index in [1.165, 1.54) is 25.7 Å². The fraction of sp³-hybridized carbons (Fsp3) is 0.533. The summed E-state index contributed by atoms with van der Waals surface area (Å²) >= 11 is 0. The number of nitrogens with zero attached hydrogens (tertiary/aromatic N) is 2. The van der Waals surface area contributed by atoms with E-state index >= 15 is 0 Å². The van der Waals surface area contributed by atoms with Crippen LogP contribution >= 0.6 is 0 Å². The Kier molecular flexibility index (Phi) is 3.42. The zero-order valence-corrected chi connectivity index (χ0v) is 11.6. The van der Waals surface area contributed by atoms with Gasteiger partial charge < -0.3 is 10.1 Å². The molecule has 0 aromatic carbocycles. The van der Waals surface area contributed by atoms with Crippen LogP contribution in [0.25, 0.3) is 11.0 Å². The van der Waals surface area contributed by atoms with E-state index in [4.69, 9.17) is 5.11 Å². The lowest BCUT2D eigenvalue weighted by Gasteiger charge is -2.25. The highest BCUT2D eigenvalue weighted by atomic mass is 16.4. The Morgan fingerprint density at radius 2 is 2.10 bits per heavy atom. The summed E-state index contributed by atoms with van der Waals surface area (Å²) in [5.41, 5.74) is 2.42. The van der Waals surface area contributed by atoms with E-state index in [0.29, 0.717) is 11.4 Å². The van der Waals surface area contributed by atoms with Crippen molar-refractivity contribution in [1.82, 2.24) is 15.0 Å². The molecule has 2 aromatic rings. The maximum absolute atomic E-state index is 11.1. The van der Waals surface area contributed by atoms with Gasteiger partial charge in [-0.05, 0) is 37.2 Å². The van der Waals surface area contributed by atoms with Crippen molar-refractivity contribution in [2.24, 2.45) is 11.8 Å². The van der Waals surface area contributed by atoms with Gasteiger partial charge in [0.05, 0.1) is 16.7 Å². The van der Waals surface area contributed by atoms with Gasteiger partial charge in [0, 0.05) is 6.20 Å². The maximum Gasteiger partial charge on any atom is 0.373 e. The number of hydrogen-bond donors (Lipinski definition) is 2. The molecular formula is C15H19N3O2. The van der Waals surface area contributed by atoms with Gasteiger partial charge in [-0.2, -0.15) is 0 Å². The number of carboxylic acids is 1. The molecule has 0 unspecified atom stereocenters. The minimum absolute atomic E-state index is 0.101. The quantitative estimate of drug-likeness (QED) is 0.901. The van der Waals surface area contributed by atoms with Crippen LogP contribution in [-0.2, 0) is 6.42 Å². The molecule has 5 nitrogen and oxygen atoms in total. The molecule has 20 heavy (non-hydrogen) atoms. The number of carboxylic acid groups (broad SMARTS) is 1. The number of hydrogen-bond acceptors (Lipinski definition) is 3. The molecule has 0 spiro atoms. The normalized spacial score (nSPS) is 23.1. The molecule has 1 aliphatic carbocycles. The van der Waals surface area contributed by atoms with E-state index in [1.807, 2.05) is 0 Å². The highest BCUT2D eigenvalue weighted by Crippen LogP contribution is 2.31. The number of H-pyrrole nitrogens is 1. The molecule has 1 fully saturated rings. The third kappa shape index (κ3) is 2.53. The summed E-state index contributed by atoms with van der Waals surface area (Å²) < 4.78 is 0. The van der Waals surface area contributed by atoms with Gasteiger partial charge in [0.1, 0.15) is 0 Å². The number of aromatic nitrogens is 3. The van der Waals surface area contributed by atoms with Crippen molar-refractivity contribution in [1.29, 1.82) is 0 Å². The summed E-state index contributed by atoms with van der Waals surface area (Å²) in [6, 6.07) is 1.80. The molecule has 5 heteroatoms. The fourth-order valence-electron chi connectivity index (χ4n) is 3.06. The molecule has 0 atom stereocenters. The van der Waals surface area contributed by atoms with E-state index in [1.54, 1.807) is 12.3 Å². The Morgan fingerprint density at radius 1 is 1.35 bits per heavy atom. The summed E-state index contributed by atoms with van der Waals surface area (Å²) in [5, 5.41) is 9.11. The average molecular weight is 273 g/mol. The Labute approximate surface area is 117 Å². The van der Waals surface area contributed by atoms with Gasteiger partial charge in [0.15, 0.2) is 0 Å². The standard InChI is InChI=1S/C15H19N3O2/c1-9-2-4-10(5-3-9)8-12-13-11(6-7-16-13)17-14(18-12)15(19)20/h6-7,9-10,16H,2-5,8H2,1H3,(H,19,20). The highest BCUT2D eigenvalue weighted by Gasteiger charge is 2.21. The first-order valence-electron chi connectivity index (χ1n) is 7.20. The lowest BCUT2D eigenvalue weighted by atomic mass is 9.81. The van der Waals surface area contributed by atoms with Gasteiger partial charge in [0.25, 0.3) is 0 Å². The molecule has 0 amide bonds. The SMILES string of the molecule is CC1CCC(Cc2nc(C(=O)O)nc3cc[nH]c23)CC1. The average Bonchev–Trinajstić information content (AvgIpc) is 2.89. The Hall–Kier alpha value is -1.91. The molecule has 3 rings (SSSR count). The first kappa shape index (κ1) is 13.1. The van der Waals surface area contributed by atoms with Crippen molar-refractivity contribution >= 4 is 17.0 Å². The maximum atomic E-state index is 11.1. The van der Waals surface area contributed by atoms with Crippen LogP contribution in [0, 0.1) is 11.8 Å². The van der Waals surface area contributed by atoms with Crippen LogP contribution in [0.3, 0.4) is 0 Å². The van der Waals surface area contributed by atoms with Crippen molar-refractivity contribution < 1.29 is 9.90 Å². The van der Waals surface area contributed by atoms with Gasteiger partial charge in [-0.15, -0.1) is 0 Å². The molecule has 2 heterocycles. The second-order valence-electron chi connectivity index (χ2n) is 5.87. The molecule has 1 aliphatic rings. The smallest absolute Gasteiger partial charge is 0.373 e. The van der Waals surface area contributed by atoms with Crippen molar-refractivity contribution in [3.05, 3.63) is 23.8 Å². The molecular weight excluding hydrogens is 254 g/mol. The molecule has 0 radical (unpaired) electrons. The Morgan fingerprint density at radius 3 is 2.80 bits per heavy atom. The third-order valence-electron chi connectivity index (χ3n) is 4.29. The number of fused-ring (bicyclic) bond motifs is 1. The van der Waals surface area contributed by atoms with E-state index in [-0.39, 0.29) is 5.82 Å². The lowest BCUT2D eigenvalue weighted by Crippen LogP contribution is -2.16. The summed E-state index contributed by atoms with van der Waals surface area (Å²) in [7, 11) is 0. The van der Waals surface area contributed by atoms with E-state index in [0.717, 1.165) is 23.5 Å². The van der Waals surface area contributed by atoms with Crippen molar-refractivity contribution in [2.75, 3.05) is 0 Å². The van der Waals surface area contributed by atoms with Crippen molar-refractivity contribution in [3.63, 3.8) is 0 Å². The number of rotatable bonds is 3. The van der Waals surface area contributed by atoms with Crippen LogP contribution in [0.1, 0.15) is 48.9 Å². The van der Waals surface area contributed by atoms with Crippen LogP contribution in [0.2, 0.25) is 0 Å². The molecule has 2 N–H and O–H groups in total. The van der Waals surface area contributed by atoms with Gasteiger partial charge in [-0.3, -0.25) is 0 Å². The molecule has 0 saturated heterocycles. The van der Waals surface area contributed by atoms with E-state index in [9.17, 15) is 4.79 Å². The predicted octanol–water partition coefficient (Wildman–Crippen LogP) is 3.02. The second-order valence-corrected chi connectivity index (χ2v) is 5.87. The molecule has 0 bridgehead atoms. The first-order valence-corrected chi connectivity index (χ1v) is 7.20. The van der Waals surface area contributed by atoms with Crippen LogP contribution < -0.4 is 0 Å². The number of nitrogens with one attached hydrogen (secondary N) is 1. The summed E-state index contributed by atoms with van der Waals surface area (Å²) in [6.07, 6.45) is 7.56. The van der Waals surface area contributed by atoms with Gasteiger partial charge >= 0.3 is 5.97 Å². The minimum Gasteiger partial charge on any atom is -0.475 e. The molecule has 0 aliphatic heterocycles. The third-order valence-corrected chi connectivity index (χ3v) is 4.29. The summed E-state index contributed by atoms with van der Waals surface area (Å²) in [4.78, 5) is 22.6. The summed E-state index contributed by atoms with van der Waals surface area (Å²) in [5.74, 6) is 0.258. The molecule has 2 aromatic heterocycles. The number of carbonyl (C=O) groups is 1. The Bertz CT molecular complexity index is 627. The fourth-order valence-corrected chi connectivity index (χ4v) is 3.06. The zero-order valence-electron chi connectivity index (χ0n) is 11.6. The van der Waals surface area contributed by atoms with Crippen LogP contribution in [0.5, 0.6) is 0 Å². The van der Waals surface area contributed by atoms with Gasteiger partial charge in [-0.25, -0.2) is 14.8 Å². The minimum atomic E-state index is -1.06. The molecule has 1 saturated carbocycles. The monoisotopic (exact) mass is 273 g/mol. The van der Waals surface area contributed by atoms with Crippen molar-refractivity contribution in [2.45, 2.75) is 39.0 Å². The summed E-state index contributed by atoms with van der Waals surface area (Å²) in [6.45, 7) is 2.30. The van der Waals surface area contributed by atoms with Gasteiger partial charge in [-0.1, -0.05) is 19.8 Å². The topological polar surface area (TPSA) is 78.9 Å². The Balaban J connectivity index is 1.89. The second kappa shape index (κ2) is 5.23. The predicted molar refractivity (Wildman–Crippen MR) is 75.7 cm³/mol. The number of aromatic carboxylic acids is 1. The molecule has 106 valence electrons. The van der Waals surface area contributed by atoms with E-state index < -0.39 is 5.97 Å². The van der Waals surface area contributed by atoms with E-state index in [2.05, 4.69) is 21.9 Å². The number of aromatic amines is 1. The lowest BCUT2D eigenvalue weighted by molar-refractivity contribution is 0.0683. The van der Waals surface area contributed by atoms with Crippen molar-refractivity contribution in [3.8, 4) is 0 Å². The first-order chi connectivity index (χ1) is 9.63.